The minimum Gasteiger partial charge on any atom is -0.294 e. The summed E-state index contributed by atoms with van der Waals surface area (Å²) in [5.74, 6) is -0.411. The molecular weight excluding hydrogens is 280 g/mol. The standard InChI is InChI=1S/C17H16N2O3/c1-9-15(11(3)20)17(16(12(4)21)10(2)18-9)13-7-5-6-8-14(13)19-22/h5-8H,1-4H3. The van der Waals surface area contributed by atoms with Gasteiger partial charge in [-0.05, 0) is 38.9 Å². The van der Waals surface area contributed by atoms with Gasteiger partial charge in [0, 0.05) is 33.6 Å². The van der Waals surface area contributed by atoms with Crippen molar-refractivity contribution in [2.75, 3.05) is 0 Å². The number of carbonyl (C=O) groups is 2. The lowest BCUT2D eigenvalue weighted by molar-refractivity contribution is 0.101. The van der Waals surface area contributed by atoms with Gasteiger partial charge in [-0.3, -0.25) is 14.6 Å². The molecule has 0 aliphatic heterocycles. The van der Waals surface area contributed by atoms with Crippen LogP contribution in [0, 0.1) is 18.8 Å². The summed E-state index contributed by atoms with van der Waals surface area (Å²) in [5.41, 5.74) is 2.88. The summed E-state index contributed by atoms with van der Waals surface area (Å²) in [6.45, 7) is 6.27. The molecule has 0 unspecified atom stereocenters. The number of nitrogens with zero attached hydrogens (tertiary/aromatic N) is 2. The molecule has 0 spiro atoms. The maximum absolute atomic E-state index is 12.1. The van der Waals surface area contributed by atoms with Gasteiger partial charge < -0.3 is 0 Å². The molecule has 1 aromatic heterocycles. The third-order valence-electron chi connectivity index (χ3n) is 3.53. The molecule has 112 valence electrons. The van der Waals surface area contributed by atoms with Crippen LogP contribution in [0.3, 0.4) is 0 Å². The molecule has 0 fully saturated rings. The number of benzene rings is 1. The highest BCUT2D eigenvalue weighted by atomic mass is 16.3. The summed E-state index contributed by atoms with van der Waals surface area (Å²) in [7, 11) is 0. The molecule has 0 bridgehead atoms. The second-order valence-electron chi connectivity index (χ2n) is 5.13. The lowest BCUT2D eigenvalue weighted by atomic mass is 9.88. The predicted molar refractivity (Wildman–Crippen MR) is 84.6 cm³/mol. The Kier molecular flexibility index (Phi) is 4.26. The molecule has 5 nitrogen and oxygen atoms in total. The number of aromatic nitrogens is 1. The van der Waals surface area contributed by atoms with Crippen molar-refractivity contribution in [2.24, 2.45) is 5.18 Å². The Bertz CT molecular complexity index is 756. The fourth-order valence-electron chi connectivity index (χ4n) is 2.75. The van der Waals surface area contributed by atoms with Crippen LogP contribution in [0.1, 0.15) is 46.0 Å². The summed E-state index contributed by atoms with van der Waals surface area (Å²) in [4.78, 5) is 39.6. The average molecular weight is 296 g/mol. The number of pyridine rings is 1. The van der Waals surface area contributed by atoms with Crippen molar-refractivity contribution in [3.63, 3.8) is 0 Å². The smallest absolute Gasteiger partial charge is 0.162 e. The van der Waals surface area contributed by atoms with Crippen LogP contribution in [0.5, 0.6) is 0 Å². The minimum absolute atomic E-state index is 0.192. The molecule has 5 heteroatoms. The molecule has 0 N–H and O–H groups in total. The van der Waals surface area contributed by atoms with E-state index >= 15 is 0 Å². The Morgan fingerprint density at radius 3 is 1.91 bits per heavy atom. The normalized spacial score (nSPS) is 10.4. The first kappa shape index (κ1) is 15.7. The molecule has 0 atom stereocenters. The summed E-state index contributed by atoms with van der Waals surface area (Å²) in [5, 5.41) is 3.01. The van der Waals surface area contributed by atoms with Crippen molar-refractivity contribution in [1.29, 1.82) is 0 Å². The number of hydrogen-bond donors (Lipinski definition) is 0. The first-order chi connectivity index (χ1) is 10.4. The van der Waals surface area contributed by atoms with Crippen LogP contribution in [0.4, 0.5) is 5.69 Å². The highest BCUT2D eigenvalue weighted by Crippen LogP contribution is 2.37. The molecule has 1 heterocycles. The number of nitroso groups, excluding NO2 is 1. The van der Waals surface area contributed by atoms with E-state index in [0.717, 1.165) is 0 Å². The highest BCUT2D eigenvalue weighted by Gasteiger charge is 2.24. The van der Waals surface area contributed by atoms with Crippen LogP contribution in [0.2, 0.25) is 0 Å². The van der Waals surface area contributed by atoms with Crippen molar-refractivity contribution in [3.05, 3.63) is 51.7 Å². The van der Waals surface area contributed by atoms with Crippen molar-refractivity contribution in [2.45, 2.75) is 27.7 Å². The Balaban J connectivity index is 3.02. The Morgan fingerprint density at radius 1 is 0.955 bits per heavy atom. The molecular formula is C17H16N2O3. The van der Waals surface area contributed by atoms with Gasteiger partial charge in [0.1, 0.15) is 5.69 Å². The number of ketones is 2. The van der Waals surface area contributed by atoms with E-state index in [9.17, 15) is 14.5 Å². The van der Waals surface area contributed by atoms with Crippen molar-refractivity contribution >= 4 is 17.3 Å². The summed E-state index contributed by atoms with van der Waals surface area (Å²) in [6, 6.07) is 6.66. The van der Waals surface area contributed by atoms with Gasteiger partial charge in [0.2, 0.25) is 0 Å². The molecule has 0 aliphatic carbocycles. The third-order valence-corrected chi connectivity index (χ3v) is 3.53. The maximum atomic E-state index is 12.1. The van der Waals surface area contributed by atoms with Gasteiger partial charge in [0.05, 0.1) is 0 Å². The number of rotatable bonds is 4. The zero-order valence-electron chi connectivity index (χ0n) is 12.9. The van der Waals surface area contributed by atoms with E-state index in [1.54, 1.807) is 38.1 Å². The second kappa shape index (κ2) is 5.97. The van der Waals surface area contributed by atoms with Gasteiger partial charge in [-0.15, -0.1) is 4.91 Å². The van der Waals surface area contributed by atoms with Crippen LogP contribution < -0.4 is 0 Å². The molecule has 2 rings (SSSR count). The van der Waals surface area contributed by atoms with E-state index < -0.39 is 0 Å². The van der Waals surface area contributed by atoms with Gasteiger partial charge in [-0.25, -0.2) is 0 Å². The fraction of sp³-hybridized carbons (Fsp3) is 0.235. The zero-order valence-corrected chi connectivity index (χ0v) is 12.9. The summed E-state index contributed by atoms with van der Waals surface area (Å²) >= 11 is 0. The lowest BCUT2D eigenvalue weighted by Gasteiger charge is -2.17. The Morgan fingerprint density at radius 2 is 1.45 bits per heavy atom. The highest BCUT2D eigenvalue weighted by molar-refractivity contribution is 6.11. The van der Waals surface area contributed by atoms with Crippen molar-refractivity contribution < 1.29 is 9.59 Å². The SMILES string of the molecule is CC(=O)c1c(C)nc(C)c(C(C)=O)c1-c1ccccc1N=O. The zero-order chi connectivity index (χ0) is 16.4. The monoisotopic (exact) mass is 296 g/mol. The van der Waals surface area contributed by atoms with E-state index in [0.29, 0.717) is 33.6 Å². The van der Waals surface area contributed by atoms with E-state index in [1.165, 1.54) is 13.8 Å². The summed E-state index contributed by atoms with van der Waals surface area (Å²) in [6.07, 6.45) is 0. The van der Waals surface area contributed by atoms with Gasteiger partial charge in [0.15, 0.2) is 11.6 Å². The van der Waals surface area contributed by atoms with Gasteiger partial charge in [0.25, 0.3) is 0 Å². The van der Waals surface area contributed by atoms with E-state index in [2.05, 4.69) is 10.2 Å². The number of carbonyl (C=O) groups excluding carboxylic acids is 2. The molecule has 0 saturated heterocycles. The predicted octanol–water partition coefficient (Wildman–Crippen LogP) is 4.17. The Labute approximate surface area is 128 Å². The Hall–Kier alpha value is -2.69. The molecule has 0 amide bonds. The lowest BCUT2D eigenvalue weighted by Crippen LogP contribution is -2.11. The average Bonchev–Trinajstić information content (AvgIpc) is 2.45. The van der Waals surface area contributed by atoms with Gasteiger partial charge in [-0.1, -0.05) is 18.2 Å². The fourth-order valence-corrected chi connectivity index (χ4v) is 2.75. The second-order valence-corrected chi connectivity index (χ2v) is 5.13. The van der Waals surface area contributed by atoms with E-state index in [1.807, 2.05) is 0 Å². The molecule has 22 heavy (non-hydrogen) atoms. The maximum Gasteiger partial charge on any atom is 0.162 e. The first-order valence-electron chi connectivity index (χ1n) is 6.84. The number of hydrogen-bond acceptors (Lipinski definition) is 5. The van der Waals surface area contributed by atoms with Crippen LogP contribution in [0.15, 0.2) is 29.4 Å². The summed E-state index contributed by atoms with van der Waals surface area (Å²) < 4.78 is 0. The van der Waals surface area contributed by atoms with Crippen molar-refractivity contribution in [1.82, 2.24) is 4.98 Å². The van der Waals surface area contributed by atoms with Crippen LogP contribution in [-0.2, 0) is 0 Å². The number of Topliss-reactive ketones (excluding diaryl/α,β-unsaturated/α-hetero) is 2. The molecule has 0 saturated carbocycles. The van der Waals surface area contributed by atoms with E-state index in [-0.39, 0.29) is 17.3 Å². The largest absolute Gasteiger partial charge is 0.294 e. The molecule has 0 aliphatic rings. The van der Waals surface area contributed by atoms with Crippen molar-refractivity contribution in [3.8, 4) is 11.1 Å². The molecule has 0 radical (unpaired) electrons. The third kappa shape index (κ3) is 2.57. The first-order valence-corrected chi connectivity index (χ1v) is 6.84. The van der Waals surface area contributed by atoms with Crippen LogP contribution in [-0.4, -0.2) is 16.6 Å². The van der Waals surface area contributed by atoms with Crippen LogP contribution in [0.25, 0.3) is 11.1 Å². The molecule has 2 aromatic rings. The number of aryl methyl sites for hydroxylation is 2. The molecule has 1 aromatic carbocycles. The van der Waals surface area contributed by atoms with Gasteiger partial charge in [-0.2, -0.15) is 0 Å². The minimum atomic E-state index is -0.205. The van der Waals surface area contributed by atoms with Crippen LogP contribution >= 0.6 is 0 Å². The van der Waals surface area contributed by atoms with Gasteiger partial charge >= 0.3 is 0 Å². The quantitative estimate of drug-likeness (QED) is 0.626. The topological polar surface area (TPSA) is 76.5 Å². The van der Waals surface area contributed by atoms with E-state index in [4.69, 9.17) is 0 Å².